The van der Waals surface area contributed by atoms with Gasteiger partial charge in [-0.25, -0.2) is 14.6 Å². The van der Waals surface area contributed by atoms with E-state index < -0.39 is 0 Å². The van der Waals surface area contributed by atoms with Crippen molar-refractivity contribution in [3.63, 3.8) is 0 Å². The topological polar surface area (TPSA) is 95.9 Å². The lowest BCUT2D eigenvalue weighted by molar-refractivity contribution is 0.103. The van der Waals surface area contributed by atoms with Gasteiger partial charge in [0.2, 0.25) is 5.78 Å². The van der Waals surface area contributed by atoms with Crippen LogP contribution in [-0.4, -0.2) is 32.6 Å². The van der Waals surface area contributed by atoms with E-state index in [1.165, 1.54) is 6.33 Å². The standard InChI is InChI=1S/C18H19N5O2/c1-25-13-8-4-5-11(9-13)16(24)15-14-17(19)20-10-21-18(14)23(22-15)12-6-2-3-7-12/h4-5,8-10,12H,2-3,6-7H2,1H3,(H2,19,20,21). The lowest BCUT2D eigenvalue weighted by Gasteiger charge is -2.10. The number of anilines is 1. The fourth-order valence-electron chi connectivity index (χ4n) is 3.46. The second-order valence-electron chi connectivity index (χ2n) is 6.25. The number of aromatic nitrogens is 4. The number of rotatable bonds is 4. The van der Waals surface area contributed by atoms with Gasteiger partial charge >= 0.3 is 0 Å². The third kappa shape index (κ3) is 2.61. The maximum absolute atomic E-state index is 13.1. The van der Waals surface area contributed by atoms with Crippen LogP contribution in [0.15, 0.2) is 30.6 Å². The number of hydrogen-bond donors (Lipinski definition) is 1. The summed E-state index contributed by atoms with van der Waals surface area (Å²) in [7, 11) is 1.57. The number of carbonyl (C=O) groups is 1. The van der Waals surface area contributed by atoms with Crippen molar-refractivity contribution in [1.29, 1.82) is 0 Å². The van der Waals surface area contributed by atoms with Crippen molar-refractivity contribution in [2.45, 2.75) is 31.7 Å². The average molecular weight is 337 g/mol. The Morgan fingerprint density at radius 2 is 2.08 bits per heavy atom. The van der Waals surface area contributed by atoms with E-state index in [4.69, 9.17) is 10.5 Å². The third-order valence-corrected chi connectivity index (χ3v) is 4.74. The molecule has 0 unspecified atom stereocenters. The molecule has 2 aromatic heterocycles. The monoisotopic (exact) mass is 337 g/mol. The molecule has 0 aliphatic heterocycles. The highest BCUT2D eigenvalue weighted by Gasteiger charge is 2.27. The van der Waals surface area contributed by atoms with Crippen molar-refractivity contribution >= 4 is 22.6 Å². The van der Waals surface area contributed by atoms with Crippen LogP contribution in [0.3, 0.4) is 0 Å². The second kappa shape index (κ2) is 6.16. The van der Waals surface area contributed by atoms with Gasteiger partial charge in [-0.05, 0) is 25.0 Å². The van der Waals surface area contributed by atoms with Crippen LogP contribution in [0.1, 0.15) is 47.8 Å². The third-order valence-electron chi connectivity index (χ3n) is 4.74. The van der Waals surface area contributed by atoms with Crippen LogP contribution in [0.4, 0.5) is 5.82 Å². The van der Waals surface area contributed by atoms with Crippen molar-refractivity contribution < 1.29 is 9.53 Å². The van der Waals surface area contributed by atoms with Crippen LogP contribution in [0, 0.1) is 0 Å². The van der Waals surface area contributed by atoms with E-state index in [1.807, 2.05) is 4.68 Å². The molecule has 0 saturated heterocycles. The fourth-order valence-corrected chi connectivity index (χ4v) is 3.46. The minimum atomic E-state index is -0.206. The van der Waals surface area contributed by atoms with Crippen LogP contribution in [0.25, 0.3) is 11.0 Å². The Labute approximate surface area is 144 Å². The molecule has 0 amide bonds. The molecule has 0 atom stereocenters. The molecular weight excluding hydrogens is 318 g/mol. The summed E-state index contributed by atoms with van der Waals surface area (Å²) in [5.74, 6) is 0.692. The summed E-state index contributed by atoms with van der Waals surface area (Å²) in [5, 5.41) is 5.14. The first-order valence-corrected chi connectivity index (χ1v) is 8.36. The lowest BCUT2D eigenvalue weighted by Crippen LogP contribution is -2.09. The van der Waals surface area contributed by atoms with Crippen LogP contribution in [0.5, 0.6) is 5.75 Å². The number of hydrogen-bond acceptors (Lipinski definition) is 6. The number of benzene rings is 1. The van der Waals surface area contributed by atoms with Gasteiger partial charge in [-0.15, -0.1) is 0 Å². The zero-order chi connectivity index (χ0) is 17.4. The molecule has 25 heavy (non-hydrogen) atoms. The van der Waals surface area contributed by atoms with Crippen molar-refractivity contribution in [1.82, 2.24) is 19.7 Å². The van der Waals surface area contributed by atoms with Crippen LogP contribution < -0.4 is 10.5 Å². The Morgan fingerprint density at radius 3 is 2.84 bits per heavy atom. The summed E-state index contributed by atoms with van der Waals surface area (Å²) >= 11 is 0. The number of nitrogens with two attached hydrogens (primary N) is 1. The fraction of sp³-hybridized carbons (Fsp3) is 0.333. The Morgan fingerprint density at radius 1 is 1.28 bits per heavy atom. The summed E-state index contributed by atoms with van der Waals surface area (Å²) in [6.07, 6.45) is 5.81. The molecule has 1 aromatic carbocycles. The summed E-state index contributed by atoms with van der Waals surface area (Å²) in [6, 6.07) is 7.27. The molecule has 4 rings (SSSR count). The molecule has 0 spiro atoms. The largest absolute Gasteiger partial charge is 0.497 e. The summed E-state index contributed by atoms with van der Waals surface area (Å²) in [6.45, 7) is 0. The Hall–Kier alpha value is -2.96. The van der Waals surface area contributed by atoms with Gasteiger partial charge in [0, 0.05) is 5.56 Å². The molecule has 1 fully saturated rings. The molecule has 128 valence electrons. The molecular formula is C18H19N5O2. The van der Waals surface area contributed by atoms with E-state index in [-0.39, 0.29) is 17.6 Å². The molecule has 1 aliphatic carbocycles. The zero-order valence-corrected chi connectivity index (χ0v) is 14.0. The Kier molecular flexibility index (Phi) is 3.83. The molecule has 0 bridgehead atoms. The van der Waals surface area contributed by atoms with Crippen LogP contribution in [-0.2, 0) is 0 Å². The van der Waals surface area contributed by atoms with E-state index in [9.17, 15) is 4.79 Å². The van der Waals surface area contributed by atoms with Gasteiger partial charge in [-0.1, -0.05) is 25.0 Å². The minimum Gasteiger partial charge on any atom is -0.497 e. The van der Waals surface area contributed by atoms with Gasteiger partial charge in [-0.2, -0.15) is 5.10 Å². The van der Waals surface area contributed by atoms with E-state index in [2.05, 4.69) is 15.1 Å². The highest BCUT2D eigenvalue weighted by molar-refractivity contribution is 6.16. The quantitative estimate of drug-likeness (QED) is 0.735. The van der Waals surface area contributed by atoms with Crippen molar-refractivity contribution in [2.24, 2.45) is 0 Å². The van der Waals surface area contributed by atoms with Gasteiger partial charge < -0.3 is 10.5 Å². The summed E-state index contributed by atoms with van der Waals surface area (Å²) in [5.41, 5.74) is 7.49. The maximum Gasteiger partial charge on any atom is 0.214 e. The lowest BCUT2D eigenvalue weighted by atomic mass is 10.1. The first-order valence-electron chi connectivity index (χ1n) is 8.36. The Bertz CT molecular complexity index is 944. The predicted octanol–water partition coefficient (Wildman–Crippen LogP) is 2.76. The predicted molar refractivity (Wildman–Crippen MR) is 93.7 cm³/mol. The van der Waals surface area contributed by atoms with E-state index >= 15 is 0 Å². The minimum absolute atomic E-state index is 0.206. The average Bonchev–Trinajstić information content (AvgIpc) is 3.29. The van der Waals surface area contributed by atoms with Gasteiger partial charge in [0.1, 0.15) is 23.6 Å². The van der Waals surface area contributed by atoms with Gasteiger partial charge in [0.05, 0.1) is 18.5 Å². The number of methoxy groups -OCH3 is 1. The molecule has 7 nitrogen and oxygen atoms in total. The molecule has 1 saturated carbocycles. The number of ether oxygens (including phenoxy) is 1. The number of nitrogen functional groups attached to an aromatic ring is 1. The number of ketones is 1. The molecule has 2 N–H and O–H groups in total. The molecule has 3 aromatic rings. The van der Waals surface area contributed by atoms with Crippen LogP contribution >= 0.6 is 0 Å². The smallest absolute Gasteiger partial charge is 0.214 e. The van der Waals surface area contributed by atoms with E-state index in [1.54, 1.807) is 31.4 Å². The number of nitrogens with zero attached hydrogens (tertiary/aromatic N) is 4. The van der Waals surface area contributed by atoms with E-state index in [0.29, 0.717) is 28.0 Å². The molecule has 1 aliphatic rings. The van der Waals surface area contributed by atoms with E-state index in [0.717, 1.165) is 25.7 Å². The molecule has 2 heterocycles. The maximum atomic E-state index is 13.1. The van der Waals surface area contributed by atoms with Crippen molar-refractivity contribution in [3.05, 3.63) is 41.9 Å². The Balaban J connectivity index is 1.87. The highest BCUT2D eigenvalue weighted by atomic mass is 16.5. The summed E-state index contributed by atoms with van der Waals surface area (Å²) in [4.78, 5) is 21.5. The second-order valence-corrected chi connectivity index (χ2v) is 6.25. The number of fused-ring (bicyclic) bond motifs is 1. The van der Waals surface area contributed by atoms with Crippen molar-refractivity contribution in [3.8, 4) is 5.75 Å². The molecule has 7 heteroatoms. The van der Waals surface area contributed by atoms with Gasteiger partial charge in [0.25, 0.3) is 0 Å². The molecule has 0 radical (unpaired) electrons. The van der Waals surface area contributed by atoms with Gasteiger partial charge in [-0.3, -0.25) is 4.79 Å². The number of carbonyl (C=O) groups excluding carboxylic acids is 1. The normalized spacial score (nSPS) is 14.9. The summed E-state index contributed by atoms with van der Waals surface area (Å²) < 4.78 is 7.07. The van der Waals surface area contributed by atoms with Crippen LogP contribution in [0.2, 0.25) is 0 Å². The van der Waals surface area contributed by atoms with Gasteiger partial charge in [0.15, 0.2) is 5.65 Å². The first-order chi connectivity index (χ1) is 12.2. The van der Waals surface area contributed by atoms with Crippen molar-refractivity contribution in [2.75, 3.05) is 12.8 Å². The zero-order valence-electron chi connectivity index (χ0n) is 14.0. The first kappa shape index (κ1) is 15.6. The highest BCUT2D eigenvalue weighted by Crippen LogP contribution is 2.33. The SMILES string of the molecule is COc1cccc(C(=O)c2nn(C3CCCC3)c3ncnc(N)c23)c1.